The monoisotopic (exact) mass is 281 g/mol. The summed E-state index contributed by atoms with van der Waals surface area (Å²) in [6.07, 6.45) is 5.57. The Morgan fingerprint density at radius 2 is 2.00 bits per heavy atom. The van der Waals surface area contributed by atoms with E-state index in [0.717, 1.165) is 37.1 Å². The molecule has 0 radical (unpaired) electrons. The maximum Gasteiger partial charge on any atom is 0.217 e. The third-order valence-electron chi connectivity index (χ3n) is 3.97. The molecular formula is C13H19N3O2S. The number of aromatic nitrogens is 2. The van der Waals surface area contributed by atoms with Crippen molar-refractivity contribution in [2.45, 2.75) is 44.3 Å². The molecule has 2 aliphatic rings. The van der Waals surface area contributed by atoms with Gasteiger partial charge in [0.15, 0.2) is 0 Å². The second-order valence-electron chi connectivity index (χ2n) is 5.24. The topological polar surface area (TPSA) is 63.2 Å². The van der Waals surface area contributed by atoms with Crippen molar-refractivity contribution >= 4 is 10.0 Å². The standard InChI is InChI=1S/C13H19N3O2S/c1-2-12-11-5-7-16(19(17,18)10-3-4-10)8-6-13(11)15-9-14-12/h9-10H,2-8H2,1H3. The molecule has 6 heteroatoms. The van der Waals surface area contributed by atoms with Gasteiger partial charge in [0.1, 0.15) is 6.33 Å². The lowest BCUT2D eigenvalue weighted by Crippen LogP contribution is -2.35. The van der Waals surface area contributed by atoms with Crippen molar-refractivity contribution in [2.24, 2.45) is 0 Å². The van der Waals surface area contributed by atoms with E-state index in [0.29, 0.717) is 19.5 Å². The van der Waals surface area contributed by atoms with Crippen LogP contribution in [0.3, 0.4) is 0 Å². The zero-order chi connectivity index (χ0) is 13.5. The van der Waals surface area contributed by atoms with Crippen molar-refractivity contribution in [3.63, 3.8) is 0 Å². The molecular weight excluding hydrogens is 262 g/mol. The van der Waals surface area contributed by atoms with E-state index in [-0.39, 0.29) is 5.25 Å². The van der Waals surface area contributed by atoms with Gasteiger partial charge in [-0.05, 0) is 31.2 Å². The first-order chi connectivity index (χ1) is 9.13. The Morgan fingerprint density at radius 3 is 2.68 bits per heavy atom. The molecule has 0 aromatic carbocycles. The van der Waals surface area contributed by atoms with Gasteiger partial charge in [-0.1, -0.05) is 6.92 Å². The van der Waals surface area contributed by atoms with Gasteiger partial charge in [0.2, 0.25) is 10.0 Å². The van der Waals surface area contributed by atoms with Crippen LogP contribution in [0.15, 0.2) is 6.33 Å². The quantitative estimate of drug-likeness (QED) is 0.827. The molecule has 1 aliphatic carbocycles. The minimum absolute atomic E-state index is 0.120. The lowest BCUT2D eigenvalue weighted by atomic mass is 10.1. The minimum atomic E-state index is -3.06. The van der Waals surface area contributed by atoms with E-state index in [2.05, 4.69) is 16.9 Å². The summed E-state index contributed by atoms with van der Waals surface area (Å²) in [5.74, 6) is 0. The van der Waals surface area contributed by atoms with Gasteiger partial charge in [-0.25, -0.2) is 22.7 Å². The third-order valence-corrected chi connectivity index (χ3v) is 6.37. The maximum absolute atomic E-state index is 12.3. The molecule has 0 N–H and O–H groups in total. The predicted molar refractivity (Wildman–Crippen MR) is 72.3 cm³/mol. The number of hydrogen-bond acceptors (Lipinski definition) is 4. The van der Waals surface area contributed by atoms with Crippen LogP contribution in [0, 0.1) is 0 Å². The Hall–Kier alpha value is -1.01. The highest BCUT2D eigenvalue weighted by Gasteiger charge is 2.40. The Bertz CT molecular complexity index is 582. The van der Waals surface area contributed by atoms with Gasteiger partial charge < -0.3 is 0 Å². The Morgan fingerprint density at radius 1 is 1.26 bits per heavy atom. The highest BCUT2D eigenvalue weighted by Crippen LogP contribution is 2.32. The Kier molecular flexibility index (Phi) is 3.30. The van der Waals surface area contributed by atoms with E-state index in [9.17, 15) is 8.42 Å². The molecule has 1 fully saturated rings. The molecule has 0 atom stereocenters. The molecule has 5 nitrogen and oxygen atoms in total. The summed E-state index contributed by atoms with van der Waals surface area (Å²) in [6, 6.07) is 0. The van der Waals surface area contributed by atoms with E-state index < -0.39 is 10.0 Å². The molecule has 1 aromatic heterocycles. The average molecular weight is 281 g/mol. The second kappa shape index (κ2) is 4.83. The van der Waals surface area contributed by atoms with Crippen molar-refractivity contribution < 1.29 is 8.42 Å². The smallest absolute Gasteiger partial charge is 0.217 e. The third kappa shape index (κ3) is 2.39. The summed E-state index contributed by atoms with van der Waals surface area (Å²) in [5.41, 5.74) is 3.26. The summed E-state index contributed by atoms with van der Waals surface area (Å²) in [6.45, 7) is 3.21. The fourth-order valence-corrected chi connectivity index (χ4v) is 4.55. The molecule has 0 amide bonds. The van der Waals surface area contributed by atoms with Crippen LogP contribution in [0.5, 0.6) is 0 Å². The molecule has 1 aromatic rings. The second-order valence-corrected chi connectivity index (χ2v) is 7.46. The summed E-state index contributed by atoms with van der Waals surface area (Å²) >= 11 is 0. The number of hydrogen-bond donors (Lipinski definition) is 0. The van der Waals surface area contributed by atoms with E-state index in [1.54, 1.807) is 10.6 Å². The van der Waals surface area contributed by atoms with Crippen LogP contribution in [0.2, 0.25) is 0 Å². The number of fused-ring (bicyclic) bond motifs is 1. The highest BCUT2D eigenvalue weighted by atomic mass is 32.2. The summed E-state index contributed by atoms with van der Waals surface area (Å²) in [5, 5.41) is -0.120. The van der Waals surface area contributed by atoms with Gasteiger partial charge in [0, 0.05) is 30.9 Å². The molecule has 0 saturated heterocycles. The largest absolute Gasteiger partial charge is 0.241 e. The van der Waals surface area contributed by atoms with Crippen LogP contribution in [-0.2, 0) is 29.3 Å². The van der Waals surface area contributed by atoms with Crippen LogP contribution in [-0.4, -0.2) is 41.0 Å². The molecule has 0 spiro atoms. The molecule has 1 saturated carbocycles. The van der Waals surface area contributed by atoms with Gasteiger partial charge in [0.05, 0.1) is 5.25 Å². The predicted octanol–water partition coefficient (Wildman–Crippen LogP) is 0.932. The average Bonchev–Trinajstić information content (AvgIpc) is 3.23. The number of sulfonamides is 1. The van der Waals surface area contributed by atoms with Crippen molar-refractivity contribution in [3.05, 3.63) is 23.3 Å². The first-order valence-electron chi connectivity index (χ1n) is 6.93. The molecule has 0 unspecified atom stereocenters. The molecule has 3 rings (SSSR count). The fourth-order valence-electron chi connectivity index (χ4n) is 2.71. The van der Waals surface area contributed by atoms with Crippen molar-refractivity contribution in [1.82, 2.24) is 14.3 Å². The van der Waals surface area contributed by atoms with E-state index in [1.165, 1.54) is 5.56 Å². The SMILES string of the molecule is CCc1ncnc2c1CCN(S(=O)(=O)C1CC1)CC2. The van der Waals surface area contributed by atoms with E-state index in [1.807, 2.05) is 0 Å². The highest BCUT2D eigenvalue weighted by molar-refractivity contribution is 7.90. The number of aryl methyl sites for hydroxylation is 1. The molecule has 2 heterocycles. The molecule has 19 heavy (non-hydrogen) atoms. The number of rotatable bonds is 3. The normalized spacial score (nSPS) is 20.9. The lowest BCUT2D eigenvalue weighted by Gasteiger charge is -2.19. The van der Waals surface area contributed by atoms with Gasteiger partial charge in [-0.2, -0.15) is 0 Å². The zero-order valence-electron chi connectivity index (χ0n) is 11.2. The van der Waals surface area contributed by atoms with E-state index in [4.69, 9.17) is 0 Å². The lowest BCUT2D eigenvalue weighted by molar-refractivity contribution is 0.425. The number of nitrogens with zero attached hydrogens (tertiary/aromatic N) is 3. The maximum atomic E-state index is 12.3. The molecule has 1 aliphatic heterocycles. The van der Waals surface area contributed by atoms with Crippen LogP contribution in [0.4, 0.5) is 0 Å². The van der Waals surface area contributed by atoms with Crippen molar-refractivity contribution in [3.8, 4) is 0 Å². The van der Waals surface area contributed by atoms with Crippen molar-refractivity contribution in [2.75, 3.05) is 13.1 Å². The van der Waals surface area contributed by atoms with Gasteiger partial charge in [-0.3, -0.25) is 0 Å². The van der Waals surface area contributed by atoms with Crippen LogP contribution in [0.25, 0.3) is 0 Å². The molecule has 0 bridgehead atoms. The first-order valence-corrected chi connectivity index (χ1v) is 8.44. The van der Waals surface area contributed by atoms with Crippen molar-refractivity contribution in [1.29, 1.82) is 0 Å². The van der Waals surface area contributed by atoms with E-state index >= 15 is 0 Å². The van der Waals surface area contributed by atoms with Gasteiger partial charge >= 0.3 is 0 Å². The first kappa shape index (κ1) is 13.0. The van der Waals surface area contributed by atoms with Gasteiger partial charge in [-0.15, -0.1) is 0 Å². The fraction of sp³-hybridized carbons (Fsp3) is 0.692. The van der Waals surface area contributed by atoms with Crippen LogP contribution in [0.1, 0.15) is 36.7 Å². The van der Waals surface area contributed by atoms with Gasteiger partial charge in [0.25, 0.3) is 0 Å². The van der Waals surface area contributed by atoms with Crippen LogP contribution >= 0.6 is 0 Å². The summed E-state index contributed by atoms with van der Waals surface area (Å²) in [7, 11) is -3.06. The summed E-state index contributed by atoms with van der Waals surface area (Å²) in [4.78, 5) is 8.64. The Labute approximate surface area is 114 Å². The summed E-state index contributed by atoms with van der Waals surface area (Å²) < 4.78 is 26.3. The molecule has 104 valence electrons. The van der Waals surface area contributed by atoms with Crippen LogP contribution < -0.4 is 0 Å². The zero-order valence-corrected chi connectivity index (χ0v) is 12.0. The minimum Gasteiger partial charge on any atom is -0.241 e. The Balaban J connectivity index is 1.85.